The highest BCUT2D eigenvalue weighted by molar-refractivity contribution is 9.11. The molecule has 0 aromatic heterocycles. The fourth-order valence-electron chi connectivity index (χ4n) is 17.1. The second kappa shape index (κ2) is 59.0. The predicted octanol–water partition coefficient (Wildman–Crippen LogP) is 20.5. The molecule has 3 saturated carbocycles. The molecule has 0 spiro atoms. The predicted molar refractivity (Wildman–Crippen MR) is 547 cm³/mol. The molecule has 4 amide bonds. The molecule has 3 aromatic rings. The first-order chi connectivity index (χ1) is 61.8. The number of ketones is 3. The van der Waals surface area contributed by atoms with E-state index in [1.807, 2.05) is 50.0 Å². The first kappa shape index (κ1) is 120. The highest BCUT2D eigenvalue weighted by Crippen LogP contribution is 2.41. The van der Waals surface area contributed by atoms with E-state index in [0.717, 1.165) is 141 Å². The van der Waals surface area contributed by atoms with Crippen LogP contribution in [0.3, 0.4) is 0 Å². The SMILES string of the molecule is CC(C)(C)OC(=O)N1CCC(C2=CC(=O)CC=C2)[C@@H](C(=O)O)C1.CCN(C(C)C)C(C)C.COCCCc1cc(CN(C(=O)[C@H]2CN(C(=O)OC(C)(C)C)CCC2C2=CC(=O)CC=C2)C2CC2)cc(Br)c1C.COCCCc1cc(CN(C(=O)[C@H]2CNCCC2C2=CC(=O)CC=C2)C2CC2)cc(Br)c1C.COCCCc1cc(CNC2CC2)cc(Br)c1C.CS(=O)(=O)O.Cl.Cl.ClCCl. The summed E-state index contributed by atoms with van der Waals surface area (Å²) in [5.74, 6) is -2.09. The van der Waals surface area contributed by atoms with Crippen molar-refractivity contribution in [1.82, 2.24) is 35.1 Å². The van der Waals surface area contributed by atoms with Crippen LogP contribution in [0.4, 0.5) is 9.59 Å². The maximum Gasteiger partial charge on any atom is 0.410 e. The zero-order valence-corrected chi connectivity index (χ0v) is 90.2. The van der Waals surface area contributed by atoms with Gasteiger partial charge in [-0.2, -0.15) is 8.42 Å². The number of rotatable bonds is 30. The summed E-state index contributed by atoms with van der Waals surface area (Å²) in [6.45, 7) is 36.9. The van der Waals surface area contributed by atoms with E-state index >= 15 is 0 Å². The molecule has 3 unspecified atom stereocenters. The van der Waals surface area contributed by atoms with Gasteiger partial charge in [0, 0.05) is 162 Å². The molecule has 6 aliphatic carbocycles. The molecule has 4 N–H and O–H groups in total. The van der Waals surface area contributed by atoms with Crippen LogP contribution in [0.15, 0.2) is 121 Å². The van der Waals surface area contributed by atoms with E-state index in [2.05, 4.69) is 166 Å². The molecule has 6 fully saturated rings. The molecule has 0 radical (unpaired) electrons. The third-order valence-corrected chi connectivity index (χ3v) is 26.6. The number of aryl methyl sites for hydroxylation is 3. The summed E-state index contributed by atoms with van der Waals surface area (Å²) in [6, 6.07) is 16.0. The average Bonchev–Trinajstić information content (AvgIpc) is 1.43. The number of carbonyl (C=O) groups is 8. The molecular formula is C101H150Br3Cl4N7O17S. The molecule has 24 nitrogen and oxygen atoms in total. The molecule has 133 heavy (non-hydrogen) atoms. The van der Waals surface area contributed by atoms with E-state index in [1.165, 1.54) is 72.8 Å². The van der Waals surface area contributed by atoms with Crippen LogP contribution in [-0.4, -0.2) is 230 Å². The average molecular weight is 2150 g/mol. The second-order valence-corrected chi connectivity index (χ2v) is 42.7. The number of amides is 4. The lowest BCUT2D eigenvalue weighted by atomic mass is 9.77. The molecule has 3 heterocycles. The van der Waals surface area contributed by atoms with Crippen molar-refractivity contribution in [3.8, 4) is 0 Å². The number of allylic oxidation sites excluding steroid dienone is 12. The summed E-state index contributed by atoms with van der Waals surface area (Å²) in [5, 5.41) is 16.7. The number of hydrogen-bond donors (Lipinski definition) is 4. The van der Waals surface area contributed by atoms with Gasteiger partial charge >= 0.3 is 18.2 Å². The van der Waals surface area contributed by atoms with Crippen molar-refractivity contribution in [2.24, 2.45) is 35.5 Å². The van der Waals surface area contributed by atoms with Crippen molar-refractivity contribution in [3.63, 3.8) is 0 Å². The minimum Gasteiger partial charge on any atom is -0.481 e. The molecule has 3 aliphatic heterocycles. The van der Waals surface area contributed by atoms with Crippen molar-refractivity contribution in [2.75, 3.05) is 98.6 Å². The minimum atomic E-state index is -3.67. The zero-order chi connectivity index (χ0) is 97.2. The van der Waals surface area contributed by atoms with Crippen molar-refractivity contribution in [3.05, 3.63) is 171 Å². The molecule has 3 aromatic carbocycles. The molecule has 746 valence electrons. The number of nitrogens with one attached hydrogen (secondary N) is 2. The van der Waals surface area contributed by atoms with Crippen LogP contribution in [0.5, 0.6) is 0 Å². The second-order valence-electron chi connectivity index (χ2n) is 37.8. The van der Waals surface area contributed by atoms with Gasteiger partial charge in [-0.1, -0.05) is 109 Å². The van der Waals surface area contributed by atoms with Gasteiger partial charge in [0.25, 0.3) is 10.1 Å². The topological polar surface area (TPSA) is 298 Å². The van der Waals surface area contributed by atoms with Gasteiger partial charge in [-0.25, -0.2) is 9.59 Å². The number of methoxy groups -OCH3 is 3. The number of hydrogen-bond acceptors (Lipinski definition) is 18. The number of carboxylic acid groups (broad SMARTS) is 1. The summed E-state index contributed by atoms with van der Waals surface area (Å²) >= 11 is 20.7. The lowest BCUT2D eigenvalue weighted by molar-refractivity contribution is -0.145. The van der Waals surface area contributed by atoms with Gasteiger partial charge in [-0.05, 0) is 314 Å². The Labute approximate surface area is 840 Å². The maximum absolute atomic E-state index is 14.4. The molecule has 32 heteroatoms. The van der Waals surface area contributed by atoms with Crippen LogP contribution in [0.25, 0.3) is 0 Å². The van der Waals surface area contributed by atoms with Gasteiger partial charge in [0.15, 0.2) is 17.3 Å². The maximum atomic E-state index is 14.4. The number of carboxylic acids is 1. The Bertz CT molecular complexity index is 4600. The Hall–Kier alpha value is -5.67. The third kappa shape index (κ3) is 42.5. The van der Waals surface area contributed by atoms with E-state index < -0.39 is 51.3 Å². The van der Waals surface area contributed by atoms with Gasteiger partial charge in [0.1, 0.15) is 11.2 Å². The summed E-state index contributed by atoms with van der Waals surface area (Å²) in [6.07, 6.45) is 32.2. The Morgan fingerprint density at radius 3 is 1.20 bits per heavy atom. The first-order valence-corrected chi connectivity index (χ1v) is 51.7. The van der Waals surface area contributed by atoms with E-state index in [9.17, 15) is 51.9 Å². The van der Waals surface area contributed by atoms with Crippen molar-refractivity contribution in [1.29, 1.82) is 0 Å². The fourth-order valence-corrected chi connectivity index (χ4v) is 18.8. The summed E-state index contributed by atoms with van der Waals surface area (Å²) in [7, 11) is 1.55. The number of benzene rings is 3. The number of ether oxygens (including phenoxy) is 5. The van der Waals surface area contributed by atoms with Crippen molar-refractivity contribution in [2.45, 2.75) is 274 Å². The van der Waals surface area contributed by atoms with E-state index in [-0.39, 0.29) is 102 Å². The third-order valence-electron chi connectivity index (χ3n) is 24.1. The highest BCUT2D eigenvalue weighted by atomic mass is 79.9. The van der Waals surface area contributed by atoms with Gasteiger partial charge in [0.2, 0.25) is 11.8 Å². The van der Waals surface area contributed by atoms with Crippen LogP contribution >= 0.6 is 95.8 Å². The molecule has 3 saturated heterocycles. The monoisotopic (exact) mass is 2140 g/mol. The lowest BCUT2D eigenvalue weighted by Crippen LogP contribution is -2.52. The standard InChI is InChI=1S/C32H43BrN2O5.C27H35BrN2O3.C17H23NO5.C15H22BrNO.C8H19N.CH2Cl2.CH4O3S.2ClH/c1-21-23(9-7-15-39-5)16-22(17-29(21)33)19-35(25-11-12-25)30(37)28-20-34(31(38)40-32(2,3)4)14-13-27(28)24-8-6-10-26(36)18-24;1-18-20(6-4-12-33-2)13-19(14-26(18)28)17-30(22-8-9-22)27(32)25-16-29-11-10-24(25)21-5-3-7-23(31)15-21;1-17(2,3)23-16(22)18-8-7-13(14(10-18)15(20)21)11-5-4-6-12(19)9-11;1-11-13(4-3-7-18-2)8-12(9-15(11)16)10-17-14-5-6-14;1-6-9(7(2)3)8(4)5;2-1-3;1-5(2,3)4;;/h6,8,16-18,25,27-28H,7,9-15,19-20H2,1-5H3;3,5,13-15,22,24-25,29H,4,6-12,16-17H2,1-2H3;4-5,9,13-14H,6-8,10H2,1-3H3,(H,20,21);8-9,14,17H,3-7,10H2,1-2H3;7-8H,6H2,1-5H3;1H2;1H3,(H,2,3,4);2*1H/t27?,28-;24?,25-;13?,14-;;;;;;/m000....../s1. The van der Waals surface area contributed by atoms with E-state index in [4.69, 9.17) is 51.4 Å². The summed E-state index contributed by atoms with van der Waals surface area (Å²) < 4.78 is 55.8. The van der Waals surface area contributed by atoms with E-state index in [0.29, 0.717) is 95.8 Å². The number of likely N-dealkylation sites (tertiary alicyclic amines) is 2. The number of carbonyl (C=O) groups excluding carboxylic acids is 7. The molecule has 0 bridgehead atoms. The molecule has 9 aliphatic rings. The molecule has 6 atom stereocenters. The van der Waals surface area contributed by atoms with Gasteiger partial charge in [-0.3, -0.25) is 38.2 Å². The fraction of sp³-hybridized carbons (Fsp3) is 0.624. The smallest absolute Gasteiger partial charge is 0.410 e. The Kier molecular flexibility index (Phi) is 53.1. The van der Waals surface area contributed by atoms with Crippen LogP contribution in [0.1, 0.15) is 223 Å². The lowest BCUT2D eigenvalue weighted by Gasteiger charge is -2.41. The van der Waals surface area contributed by atoms with Crippen LogP contribution in [0.2, 0.25) is 0 Å². The van der Waals surface area contributed by atoms with Gasteiger partial charge in [0.05, 0.1) is 29.3 Å². The first-order valence-electron chi connectivity index (χ1n) is 46.4. The molecule has 12 rings (SSSR count). The van der Waals surface area contributed by atoms with Crippen LogP contribution < -0.4 is 10.6 Å². The number of alkyl halides is 2. The minimum absolute atomic E-state index is 0. The van der Waals surface area contributed by atoms with E-state index in [1.54, 1.807) is 65.2 Å². The molecular weight excluding hydrogens is 2000 g/mol. The Morgan fingerprint density at radius 2 is 0.887 bits per heavy atom. The van der Waals surface area contributed by atoms with Crippen LogP contribution in [-0.2, 0) is 101 Å². The van der Waals surface area contributed by atoms with Crippen molar-refractivity contribution >= 4 is 153 Å². The summed E-state index contributed by atoms with van der Waals surface area (Å²) in [4.78, 5) is 111. The number of aliphatic carboxylic acids is 1. The summed E-state index contributed by atoms with van der Waals surface area (Å²) in [5.41, 5.74) is 12.9. The quantitative estimate of drug-likeness (QED) is 0.0274. The van der Waals surface area contributed by atoms with Gasteiger partial charge < -0.3 is 59.0 Å². The Morgan fingerprint density at radius 1 is 0.549 bits per heavy atom. The zero-order valence-electron chi connectivity index (χ0n) is 81.5. The number of piperidine rings is 3. The normalized spacial score (nSPS) is 19.8. The number of halogens is 7. The largest absolute Gasteiger partial charge is 0.481 e. The van der Waals surface area contributed by atoms with Crippen LogP contribution in [0, 0.1) is 56.3 Å². The van der Waals surface area contributed by atoms with Crippen molar-refractivity contribution < 1.29 is 80.1 Å². The highest BCUT2D eigenvalue weighted by Gasteiger charge is 2.46. The number of nitrogens with zero attached hydrogens (tertiary/aromatic N) is 5. The van der Waals surface area contributed by atoms with Gasteiger partial charge in [-0.15, -0.1) is 48.0 Å². The Balaban J connectivity index is 0.000000358.